The Bertz CT molecular complexity index is 83.9. The Labute approximate surface area is 71.4 Å². The van der Waals surface area contributed by atoms with Crippen LogP contribution in [0.2, 0.25) is 0 Å². The minimum absolute atomic E-state index is 1.15. The molecule has 3 aliphatic rings. The highest BCUT2D eigenvalue weighted by Gasteiger charge is 2.60. The molecule has 2 unspecified atom stereocenters. The Balaban J connectivity index is 0.0000000925. The number of rotatable bonds is 0. The first-order valence-electron chi connectivity index (χ1n) is 5.39. The van der Waals surface area contributed by atoms with E-state index >= 15 is 0 Å². The summed E-state index contributed by atoms with van der Waals surface area (Å²) in [7, 11) is 0. The van der Waals surface area contributed by atoms with Gasteiger partial charge in [-0.2, -0.15) is 0 Å². The van der Waals surface area contributed by atoms with Crippen LogP contribution < -0.4 is 0 Å². The highest BCUT2D eigenvalue weighted by molar-refractivity contribution is 5.09. The average molecular weight is 154 g/mol. The van der Waals surface area contributed by atoms with Gasteiger partial charge < -0.3 is 0 Å². The molecule has 66 valence electrons. The lowest BCUT2D eigenvalue weighted by atomic mass is 10.0. The van der Waals surface area contributed by atoms with Crippen LogP contribution in [0.4, 0.5) is 0 Å². The van der Waals surface area contributed by atoms with E-state index in [1.54, 1.807) is 6.42 Å². The van der Waals surface area contributed by atoms with Gasteiger partial charge in [-0.15, -0.1) is 0 Å². The minimum atomic E-state index is 1.15. The molecule has 0 nitrogen and oxygen atoms in total. The highest BCUT2D eigenvalue weighted by Crippen LogP contribution is 2.67. The van der Waals surface area contributed by atoms with Crippen LogP contribution in [0.5, 0.6) is 0 Å². The average Bonchev–Trinajstić information content (AvgIpc) is 2.75. The molecule has 0 heterocycles. The zero-order chi connectivity index (χ0) is 8.27. The smallest absolute Gasteiger partial charge is 0.0352 e. The van der Waals surface area contributed by atoms with Crippen LogP contribution >= 0.6 is 0 Å². The molecule has 0 bridgehead atoms. The van der Waals surface area contributed by atoms with Crippen molar-refractivity contribution < 1.29 is 0 Å². The van der Waals surface area contributed by atoms with Crippen molar-refractivity contribution in [3.8, 4) is 0 Å². The molecule has 0 saturated heterocycles. The van der Waals surface area contributed by atoms with Crippen molar-refractivity contribution in [2.45, 2.75) is 52.9 Å². The van der Waals surface area contributed by atoms with Crippen LogP contribution in [-0.2, 0) is 0 Å². The molecule has 0 radical (unpaired) electrons. The van der Waals surface area contributed by atoms with E-state index in [-0.39, 0.29) is 0 Å². The fraction of sp³-hybridized carbons (Fsp3) is 1.00. The third-order valence-corrected chi connectivity index (χ3v) is 3.10. The topological polar surface area (TPSA) is 0 Å². The molecule has 0 heteroatoms. The van der Waals surface area contributed by atoms with Crippen LogP contribution in [0.3, 0.4) is 0 Å². The summed E-state index contributed by atoms with van der Waals surface area (Å²) in [5.41, 5.74) is 0. The monoisotopic (exact) mass is 154 g/mol. The normalized spacial score (nSPS) is 41.2. The molecule has 2 atom stereocenters. The van der Waals surface area contributed by atoms with Crippen molar-refractivity contribution in [3.63, 3.8) is 0 Å². The standard InChI is InChI=1S/C5H8.C4H8.C2H6/c1-3-4-2-5(3)4;1-2-4-3-1;1-2/h3-5H,2H2,1H3;1-4H2;1-2H3. The van der Waals surface area contributed by atoms with Gasteiger partial charge in [0.05, 0.1) is 0 Å². The number of hydrogen-bond donors (Lipinski definition) is 0. The summed E-state index contributed by atoms with van der Waals surface area (Å²) in [6, 6.07) is 0. The van der Waals surface area contributed by atoms with Gasteiger partial charge in [0.25, 0.3) is 0 Å². The van der Waals surface area contributed by atoms with Crippen molar-refractivity contribution in [3.05, 3.63) is 0 Å². The largest absolute Gasteiger partial charge is 0.0683 e. The van der Waals surface area contributed by atoms with Crippen molar-refractivity contribution in [1.29, 1.82) is 0 Å². The maximum atomic E-state index is 2.35. The second-order valence-corrected chi connectivity index (χ2v) is 3.84. The van der Waals surface area contributed by atoms with Gasteiger partial charge in [-0.1, -0.05) is 46.5 Å². The molecular weight excluding hydrogens is 132 g/mol. The summed E-state index contributed by atoms with van der Waals surface area (Å²) in [6.45, 7) is 6.35. The van der Waals surface area contributed by atoms with Crippen molar-refractivity contribution >= 4 is 0 Å². The van der Waals surface area contributed by atoms with E-state index < -0.39 is 0 Å². The molecule has 0 amide bonds. The van der Waals surface area contributed by atoms with Crippen LogP contribution in [-0.4, -0.2) is 0 Å². The van der Waals surface area contributed by atoms with Gasteiger partial charge >= 0.3 is 0 Å². The lowest BCUT2D eigenvalue weighted by Gasteiger charge is -2.05. The number of fused-ring (bicyclic) bond motifs is 1. The fourth-order valence-electron chi connectivity index (χ4n) is 1.36. The molecular formula is C11H22. The Morgan fingerprint density at radius 1 is 0.818 bits per heavy atom. The van der Waals surface area contributed by atoms with E-state index in [0.717, 1.165) is 5.92 Å². The molecule has 3 saturated carbocycles. The highest BCUT2D eigenvalue weighted by atomic mass is 14.7. The third-order valence-electron chi connectivity index (χ3n) is 3.10. The first-order valence-corrected chi connectivity index (χ1v) is 5.39. The summed E-state index contributed by atoms with van der Waals surface area (Å²) in [5.74, 6) is 3.58. The van der Waals surface area contributed by atoms with Gasteiger partial charge in [-0.25, -0.2) is 0 Å². The minimum Gasteiger partial charge on any atom is -0.0683 e. The van der Waals surface area contributed by atoms with Crippen molar-refractivity contribution in [2.24, 2.45) is 17.8 Å². The molecule has 0 N–H and O–H groups in total. The van der Waals surface area contributed by atoms with Gasteiger partial charge in [0.15, 0.2) is 0 Å². The van der Waals surface area contributed by atoms with E-state index in [1.807, 2.05) is 13.8 Å². The van der Waals surface area contributed by atoms with E-state index in [4.69, 9.17) is 0 Å². The van der Waals surface area contributed by atoms with Gasteiger partial charge in [0, 0.05) is 0 Å². The molecule has 3 rings (SSSR count). The molecule has 0 spiro atoms. The summed E-state index contributed by atoms with van der Waals surface area (Å²) >= 11 is 0. The van der Waals surface area contributed by atoms with Crippen LogP contribution in [0.25, 0.3) is 0 Å². The SMILES string of the molecule is C1CCC1.CC.CC1C2CC12. The Morgan fingerprint density at radius 3 is 1.09 bits per heavy atom. The zero-order valence-corrected chi connectivity index (χ0v) is 8.27. The molecule has 0 aromatic rings. The maximum Gasteiger partial charge on any atom is -0.0352 e. The summed E-state index contributed by atoms with van der Waals surface area (Å²) in [5, 5.41) is 0. The van der Waals surface area contributed by atoms with Crippen LogP contribution in [0.15, 0.2) is 0 Å². The zero-order valence-electron chi connectivity index (χ0n) is 8.27. The molecule has 0 aliphatic heterocycles. The second-order valence-electron chi connectivity index (χ2n) is 3.84. The molecule has 3 fully saturated rings. The van der Waals surface area contributed by atoms with Crippen molar-refractivity contribution in [2.75, 3.05) is 0 Å². The van der Waals surface area contributed by atoms with E-state index in [2.05, 4.69) is 6.92 Å². The summed E-state index contributed by atoms with van der Waals surface area (Å²) < 4.78 is 0. The molecule has 0 aromatic heterocycles. The first-order chi connectivity index (χ1) is 5.39. The van der Waals surface area contributed by atoms with Gasteiger partial charge in [0.2, 0.25) is 0 Å². The Hall–Kier alpha value is 0. The Kier molecular flexibility index (Phi) is 3.42. The van der Waals surface area contributed by atoms with E-state index in [9.17, 15) is 0 Å². The molecule has 3 aliphatic carbocycles. The van der Waals surface area contributed by atoms with E-state index in [0.29, 0.717) is 0 Å². The molecule has 0 aromatic carbocycles. The van der Waals surface area contributed by atoms with Gasteiger partial charge in [0.1, 0.15) is 0 Å². The lowest BCUT2D eigenvalue weighted by molar-refractivity contribution is 0.504. The van der Waals surface area contributed by atoms with Gasteiger partial charge in [-0.3, -0.25) is 0 Å². The summed E-state index contributed by atoms with van der Waals surface area (Å²) in [6.07, 6.45) is 7.57. The van der Waals surface area contributed by atoms with E-state index in [1.165, 1.54) is 37.5 Å². The predicted molar refractivity (Wildman–Crippen MR) is 50.6 cm³/mol. The molecule has 11 heavy (non-hydrogen) atoms. The van der Waals surface area contributed by atoms with Crippen LogP contribution in [0.1, 0.15) is 52.9 Å². The first kappa shape index (κ1) is 9.09. The van der Waals surface area contributed by atoms with Gasteiger partial charge in [-0.05, 0) is 24.2 Å². The van der Waals surface area contributed by atoms with Crippen LogP contribution in [0, 0.1) is 17.8 Å². The number of hydrogen-bond acceptors (Lipinski definition) is 0. The quantitative estimate of drug-likeness (QED) is 0.497. The predicted octanol–water partition coefficient (Wildman–Crippen LogP) is 3.86. The van der Waals surface area contributed by atoms with Crippen molar-refractivity contribution in [1.82, 2.24) is 0 Å². The second kappa shape index (κ2) is 4.13. The maximum absolute atomic E-state index is 2.35. The third kappa shape index (κ3) is 2.50. The Morgan fingerprint density at radius 2 is 1.09 bits per heavy atom. The summed E-state index contributed by atoms with van der Waals surface area (Å²) in [4.78, 5) is 0. The lowest BCUT2D eigenvalue weighted by Crippen LogP contribution is -1.85. The fourth-order valence-corrected chi connectivity index (χ4v) is 1.36.